The molecule has 1 N–H and O–H groups in total. The molecule has 27 heavy (non-hydrogen) atoms. The second-order valence-electron chi connectivity index (χ2n) is 5.46. The van der Waals surface area contributed by atoms with Gasteiger partial charge in [0, 0.05) is 28.5 Å². The zero-order valence-corrected chi connectivity index (χ0v) is 15.6. The van der Waals surface area contributed by atoms with Crippen molar-refractivity contribution in [1.29, 1.82) is 0 Å². The number of pyridine rings is 1. The third-order valence-corrected chi connectivity index (χ3v) is 4.08. The van der Waals surface area contributed by atoms with Crippen molar-refractivity contribution in [2.24, 2.45) is 5.10 Å². The zero-order valence-electron chi connectivity index (χ0n) is 14.1. The monoisotopic (exact) mass is 399 g/mol. The summed E-state index contributed by atoms with van der Waals surface area (Å²) < 4.78 is 5.42. The third kappa shape index (κ3) is 5.29. The first-order valence-electron chi connectivity index (χ1n) is 8.03. The standard InChI is InChI=1S/C20H15Cl2N3O2/c21-16-6-7-18(17(22)12-16)27-13-19(26)24-25-20(14-4-2-1-3-5-14)15-8-10-23-11-9-15/h1-12H,13H2,(H,24,26)/b25-20+. The van der Waals surface area contributed by atoms with Crippen molar-refractivity contribution in [3.8, 4) is 5.75 Å². The summed E-state index contributed by atoms with van der Waals surface area (Å²) in [6.07, 6.45) is 3.34. The molecule has 0 atom stereocenters. The highest BCUT2D eigenvalue weighted by molar-refractivity contribution is 6.35. The minimum absolute atomic E-state index is 0.233. The first-order valence-corrected chi connectivity index (χ1v) is 8.79. The summed E-state index contributed by atoms with van der Waals surface area (Å²) in [7, 11) is 0. The van der Waals surface area contributed by atoms with Crippen LogP contribution in [0.3, 0.4) is 0 Å². The van der Waals surface area contributed by atoms with Gasteiger partial charge >= 0.3 is 0 Å². The summed E-state index contributed by atoms with van der Waals surface area (Å²) in [6, 6.07) is 18.0. The number of nitrogens with zero attached hydrogens (tertiary/aromatic N) is 2. The number of hydrogen-bond donors (Lipinski definition) is 1. The van der Waals surface area contributed by atoms with Crippen LogP contribution in [-0.4, -0.2) is 23.2 Å². The lowest BCUT2D eigenvalue weighted by molar-refractivity contribution is -0.123. The van der Waals surface area contributed by atoms with Crippen LogP contribution >= 0.6 is 23.2 Å². The summed E-state index contributed by atoms with van der Waals surface area (Å²) in [5, 5.41) is 5.09. The highest BCUT2D eigenvalue weighted by atomic mass is 35.5. The van der Waals surface area contributed by atoms with Crippen molar-refractivity contribution >= 4 is 34.8 Å². The van der Waals surface area contributed by atoms with Gasteiger partial charge in [-0.2, -0.15) is 5.10 Å². The van der Waals surface area contributed by atoms with Gasteiger partial charge in [-0.15, -0.1) is 0 Å². The second-order valence-corrected chi connectivity index (χ2v) is 6.30. The Kier molecular flexibility index (Phi) is 6.41. The summed E-state index contributed by atoms with van der Waals surface area (Å²) >= 11 is 11.9. The van der Waals surface area contributed by atoms with Crippen LogP contribution in [0.1, 0.15) is 11.1 Å². The normalized spacial score (nSPS) is 11.1. The smallest absolute Gasteiger partial charge is 0.277 e. The SMILES string of the molecule is O=C(COc1ccc(Cl)cc1Cl)N/N=C(\c1ccccc1)c1ccncc1. The molecule has 3 rings (SSSR count). The van der Waals surface area contributed by atoms with Crippen LogP contribution in [0.4, 0.5) is 0 Å². The van der Waals surface area contributed by atoms with Crippen LogP contribution in [0, 0.1) is 0 Å². The van der Waals surface area contributed by atoms with Crippen LogP contribution in [0.15, 0.2) is 78.2 Å². The van der Waals surface area contributed by atoms with Gasteiger partial charge in [-0.3, -0.25) is 9.78 Å². The van der Waals surface area contributed by atoms with Crippen molar-refractivity contribution in [1.82, 2.24) is 10.4 Å². The summed E-state index contributed by atoms with van der Waals surface area (Å²) in [6.45, 7) is -0.233. The van der Waals surface area contributed by atoms with Gasteiger partial charge in [-0.05, 0) is 30.3 Å². The predicted molar refractivity (Wildman–Crippen MR) is 106 cm³/mol. The van der Waals surface area contributed by atoms with Gasteiger partial charge in [-0.25, -0.2) is 5.43 Å². The lowest BCUT2D eigenvalue weighted by atomic mass is 10.0. The number of halogens is 2. The van der Waals surface area contributed by atoms with Crippen LogP contribution in [0.25, 0.3) is 0 Å². The van der Waals surface area contributed by atoms with Gasteiger partial charge in [0.1, 0.15) is 5.75 Å². The molecular formula is C20H15Cl2N3O2. The summed E-state index contributed by atoms with van der Waals surface area (Å²) in [5.41, 5.74) is 4.83. The minimum Gasteiger partial charge on any atom is -0.482 e. The Morgan fingerprint density at radius 1 is 1.00 bits per heavy atom. The number of hydrogen-bond acceptors (Lipinski definition) is 4. The number of hydrazone groups is 1. The maximum Gasteiger partial charge on any atom is 0.277 e. The van der Waals surface area contributed by atoms with Crippen molar-refractivity contribution < 1.29 is 9.53 Å². The summed E-state index contributed by atoms with van der Waals surface area (Å²) in [4.78, 5) is 16.1. The first kappa shape index (κ1) is 18.9. The molecular weight excluding hydrogens is 385 g/mol. The molecule has 0 aliphatic rings. The second kappa shape index (κ2) is 9.16. The van der Waals surface area contributed by atoms with E-state index in [4.69, 9.17) is 27.9 Å². The largest absolute Gasteiger partial charge is 0.482 e. The Bertz CT molecular complexity index is 906. The number of aromatic nitrogens is 1. The van der Waals surface area contributed by atoms with Gasteiger partial charge in [0.05, 0.1) is 10.7 Å². The molecule has 0 bridgehead atoms. The van der Waals surface area contributed by atoms with Crippen molar-refractivity contribution in [3.63, 3.8) is 0 Å². The van der Waals surface area contributed by atoms with Crippen molar-refractivity contribution in [2.45, 2.75) is 0 Å². The molecule has 136 valence electrons. The molecule has 5 nitrogen and oxygen atoms in total. The minimum atomic E-state index is -0.413. The molecule has 0 aliphatic carbocycles. The van der Waals surface area contributed by atoms with Crippen LogP contribution < -0.4 is 10.2 Å². The number of nitrogens with one attached hydrogen (secondary N) is 1. The van der Waals surface area contributed by atoms with Gasteiger partial charge in [0.2, 0.25) is 0 Å². The number of rotatable bonds is 6. The average Bonchev–Trinajstić information content (AvgIpc) is 2.69. The average molecular weight is 400 g/mol. The van der Waals surface area contributed by atoms with Crippen molar-refractivity contribution in [3.05, 3.63) is 94.2 Å². The molecule has 0 spiro atoms. The van der Waals surface area contributed by atoms with E-state index in [9.17, 15) is 4.79 Å². The Hall–Kier alpha value is -2.89. The molecule has 0 unspecified atom stereocenters. The fourth-order valence-electron chi connectivity index (χ4n) is 2.29. The number of benzene rings is 2. The first-order chi connectivity index (χ1) is 13.1. The number of ether oxygens (including phenoxy) is 1. The number of amides is 1. The third-order valence-electron chi connectivity index (χ3n) is 3.55. The molecule has 0 fully saturated rings. The molecule has 0 radical (unpaired) electrons. The van der Waals surface area contributed by atoms with E-state index < -0.39 is 5.91 Å². The van der Waals surface area contributed by atoms with E-state index in [1.165, 1.54) is 0 Å². The fourth-order valence-corrected chi connectivity index (χ4v) is 2.75. The molecule has 1 heterocycles. The Morgan fingerprint density at radius 2 is 1.70 bits per heavy atom. The maximum absolute atomic E-state index is 12.1. The molecule has 1 aromatic heterocycles. The van der Waals surface area contributed by atoms with Gasteiger partial charge in [0.15, 0.2) is 6.61 Å². The fraction of sp³-hybridized carbons (Fsp3) is 0.0500. The molecule has 2 aromatic carbocycles. The van der Waals surface area contributed by atoms with Crippen LogP contribution in [0.5, 0.6) is 5.75 Å². The summed E-state index contributed by atoms with van der Waals surface area (Å²) in [5.74, 6) is -0.0406. The Labute approximate surface area is 166 Å². The maximum atomic E-state index is 12.1. The number of carbonyl (C=O) groups excluding carboxylic acids is 1. The molecule has 0 saturated carbocycles. The topological polar surface area (TPSA) is 63.6 Å². The van der Waals surface area contributed by atoms with E-state index in [2.05, 4.69) is 15.5 Å². The highest BCUT2D eigenvalue weighted by Gasteiger charge is 2.09. The quantitative estimate of drug-likeness (QED) is 0.495. The lowest BCUT2D eigenvalue weighted by Crippen LogP contribution is -2.26. The zero-order chi connectivity index (χ0) is 19.1. The van der Waals surface area contributed by atoms with E-state index in [1.54, 1.807) is 30.6 Å². The molecule has 7 heteroatoms. The molecule has 0 saturated heterocycles. The van der Waals surface area contributed by atoms with E-state index in [0.29, 0.717) is 21.5 Å². The van der Waals surface area contributed by atoms with Crippen LogP contribution in [0.2, 0.25) is 10.0 Å². The van der Waals surface area contributed by atoms with Gasteiger partial charge < -0.3 is 4.74 Å². The van der Waals surface area contributed by atoms with Crippen molar-refractivity contribution in [2.75, 3.05) is 6.61 Å². The number of carbonyl (C=O) groups is 1. The van der Waals surface area contributed by atoms with E-state index in [0.717, 1.165) is 11.1 Å². The van der Waals surface area contributed by atoms with E-state index in [1.807, 2.05) is 42.5 Å². The van der Waals surface area contributed by atoms with Gasteiger partial charge in [-0.1, -0.05) is 53.5 Å². The Morgan fingerprint density at radius 3 is 2.41 bits per heavy atom. The molecule has 0 aliphatic heterocycles. The van der Waals surface area contributed by atoms with Crippen LogP contribution in [-0.2, 0) is 4.79 Å². The van der Waals surface area contributed by atoms with Gasteiger partial charge in [0.25, 0.3) is 5.91 Å². The molecule has 1 amide bonds. The van der Waals surface area contributed by atoms with E-state index in [-0.39, 0.29) is 6.61 Å². The Balaban J connectivity index is 1.71. The van der Waals surface area contributed by atoms with E-state index >= 15 is 0 Å². The molecule has 3 aromatic rings. The lowest BCUT2D eigenvalue weighted by Gasteiger charge is -2.09. The predicted octanol–water partition coefficient (Wildman–Crippen LogP) is 4.34. The highest BCUT2D eigenvalue weighted by Crippen LogP contribution is 2.27.